The second-order valence-corrected chi connectivity index (χ2v) is 10.1. The lowest BCUT2D eigenvalue weighted by Gasteiger charge is -2.14. The van der Waals surface area contributed by atoms with Crippen molar-refractivity contribution in [3.63, 3.8) is 0 Å². The van der Waals surface area contributed by atoms with E-state index in [0.717, 1.165) is 23.9 Å². The van der Waals surface area contributed by atoms with Gasteiger partial charge in [-0.2, -0.15) is 13.2 Å². The summed E-state index contributed by atoms with van der Waals surface area (Å²) < 4.78 is 45.5. The molecule has 1 aliphatic heterocycles. The maximum Gasteiger partial charge on any atom is 0.416 e. The molecular weight excluding hydrogens is 561 g/mol. The summed E-state index contributed by atoms with van der Waals surface area (Å²) in [6.07, 6.45) is -2.52. The fourth-order valence-electron chi connectivity index (χ4n) is 3.51. The molecule has 2 heterocycles. The zero-order valence-electron chi connectivity index (χ0n) is 19.4. The van der Waals surface area contributed by atoms with Gasteiger partial charge in [0.2, 0.25) is 0 Å². The molecule has 12 heteroatoms. The fourth-order valence-corrected chi connectivity index (χ4v) is 5.02. The topological polar surface area (TPSA) is 79.7 Å². The average Bonchev–Trinajstić information content (AvgIpc) is 3.13. The number of nitrogens with zero attached hydrogens (tertiary/aromatic N) is 2. The highest BCUT2D eigenvalue weighted by Crippen LogP contribution is 2.36. The molecule has 38 heavy (non-hydrogen) atoms. The molecule has 196 valence electrons. The molecule has 1 amide bonds. The lowest BCUT2D eigenvalue weighted by molar-refractivity contribution is -0.137. The molecule has 0 atom stereocenters. The number of rotatable bonds is 8. The first-order valence-electron chi connectivity index (χ1n) is 11.1. The molecular formula is C26H18ClF3N2O4S2. The molecule has 3 aromatic rings. The van der Waals surface area contributed by atoms with Crippen molar-refractivity contribution in [3.8, 4) is 17.0 Å². The van der Waals surface area contributed by atoms with Crippen molar-refractivity contribution in [1.82, 2.24) is 9.88 Å². The highest BCUT2D eigenvalue weighted by Gasteiger charge is 2.32. The number of thioether (sulfide) groups is 1. The van der Waals surface area contributed by atoms with Crippen LogP contribution in [0.4, 0.5) is 13.2 Å². The Morgan fingerprint density at radius 1 is 1.16 bits per heavy atom. The number of ether oxygens (including phenoxy) is 1. The van der Waals surface area contributed by atoms with Gasteiger partial charge in [-0.1, -0.05) is 41.6 Å². The number of halogens is 4. The minimum absolute atomic E-state index is 0.119. The van der Waals surface area contributed by atoms with Crippen LogP contribution in [0.3, 0.4) is 0 Å². The summed E-state index contributed by atoms with van der Waals surface area (Å²) in [7, 11) is 0. The molecule has 6 nitrogen and oxygen atoms in total. The lowest BCUT2D eigenvalue weighted by Crippen LogP contribution is -2.29. The summed E-state index contributed by atoms with van der Waals surface area (Å²) in [5.74, 6) is -0.831. The number of carboxylic acid groups (broad SMARTS) is 1. The molecule has 4 rings (SSSR count). The Bertz CT molecular complexity index is 1430. The van der Waals surface area contributed by atoms with E-state index in [1.54, 1.807) is 30.3 Å². The van der Waals surface area contributed by atoms with E-state index in [2.05, 4.69) is 4.98 Å². The largest absolute Gasteiger partial charge is 0.494 e. The highest BCUT2D eigenvalue weighted by atomic mass is 35.5. The second-order valence-electron chi connectivity index (χ2n) is 8.00. The van der Waals surface area contributed by atoms with E-state index < -0.39 is 17.7 Å². The highest BCUT2D eigenvalue weighted by molar-refractivity contribution is 8.26. The predicted molar refractivity (Wildman–Crippen MR) is 143 cm³/mol. The zero-order chi connectivity index (χ0) is 27.4. The minimum atomic E-state index is -4.53. The summed E-state index contributed by atoms with van der Waals surface area (Å²) in [4.78, 5) is 30.0. The molecule has 0 spiro atoms. The number of carbonyl (C=O) groups excluding carboxylic acids is 1. The van der Waals surface area contributed by atoms with Gasteiger partial charge in [-0.05, 0) is 67.1 Å². The number of aromatic nitrogens is 1. The SMILES string of the molecule is O=C(O)c1ccc(OCCCN2C(=O)C(=Cc3cccc(-c4cc(C(F)(F)F)ccc4Cl)n3)SC2=S)cc1. The van der Waals surface area contributed by atoms with E-state index in [0.29, 0.717) is 33.6 Å². The summed E-state index contributed by atoms with van der Waals surface area (Å²) in [6.45, 7) is 0.590. The maximum atomic E-state index is 13.2. The predicted octanol–water partition coefficient (Wildman–Crippen LogP) is 6.79. The number of alkyl halides is 3. The summed E-state index contributed by atoms with van der Waals surface area (Å²) in [6, 6.07) is 13.8. The number of amides is 1. The number of pyridine rings is 1. The number of hydrogen-bond donors (Lipinski definition) is 1. The molecule has 1 saturated heterocycles. The summed E-state index contributed by atoms with van der Waals surface area (Å²) in [5.41, 5.74) is 0.0382. The molecule has 0 bridgehead atoms. The van der Waals surface area contributed by atoms with E-state index in [1.807, 2.05) is 0 Å². The van der Waals surface area contributed by atoms with Crippen molar-refractivity contribution in [3.05, 3.63) is 87.4 Å². The fraction of sp³-hybridized carbons (Fsp3) is 0.154. The number of carboxylic acids is 1. The van der Waals surface area contributed by atoms with Gasteiger partial charge in [-0.25, -0.2) is 9.78 Å². The van der Waals surface area contributed by atoms with Crippen molar-refractivity contribution in [2.45, 2.75) is 12.6 Å². The molecule has 0 saturated carbocycles. The molecule has 1 aliphatic rings. The van der Waals surface area contributed by atoms with E-state index in [9.17, 15) is 22.8 Å². The molecule has 2 aromatic carbocycles. The zero-order valence-corrected chi connectivity index (χ0v) is 21.8. The lowest BCUT2D eigenvalue weighted by atomic mass is 10.1. The van der Waals surface area contributed by atoms with E-state index in [-0.39, 0.29) is 34.4 Å². The number of benzene rings is 2. The van der Waals surface area contributed by atoms with E-state index in [1.165, 1.54) is 29.2 Å². The van der Waals surface area contributed by atoms with E-state index >= 15 is 0 Å². The number of hydrogen-bond acceptors (Lipinski definition) is 6. The first-order chi connectivity index (χ1) is 18.0. The Hall–Kier alpha value is -3.41. The van der Waals surface area contributed by atoms with Crippen LogP contribution >= 0.6 is 35.6 Å². The molecule has 1 aromatic heterocycles. The molecule has 0 radical (unpaired) electrons. The van der Waals surface area contributed by atoms with E-state index in [4.69, 9.17) is 33.7 Å². The quantitative estimate of drug-likeness (QED) is 0.179. The Morgan fingerprint density at radius 2 is 1.89 bits per heavy atom. The van der Waals surface area contributed by atoms with Crippen molar-refractivity contribution in [2.75, 3.05) is 13.2 Å². The van der Waals surface area contributed by atoms with Gasteiger partial charge in [0, 0.05) is 17.1 Å². The van der Waals surface area contributed by atoms with Gasteiger partial charge in [0.05, 0.1) is 34.0 Å². The monoisotopic (exact) mass is 578 g/mol. The van der Waals surface area contributed by atoms with Gasteiger partial charge in [0.15, 0.2) is 0 Å². The minimum Gasteiger partial charge on any atom is -0.494 e. The Kier molecular flexibility index (Phi) is 8.39. The third-order valence-corrected chi connectivity index (χ3v) is 7.10. The van der Waals surface area contributed by atoms with Crippen LogP contribution in [0.1, 0.15) is 28.0 Å². The summed E-state index contributed by atoms with van der Waals surface area (Å²) in [5, 5.41) is 9.06. The Labute approximate surface area is 230 Å². The van der Waals surface area contributed by atoms with Crippen LogP contribution in [0.15, 0.2) is 65.6 Å². The van der Waals surface area contributed by atoms with Crippen LogP contribution in [-0.4, -0.2) is 44.3 Å². The number of aromatic carboxylic acids is 1. The van der Waals surface area contributed by atoms with Crippen LogP contribution in [0.25, 0.3) is 17.3 Å². The average molecular weight is 579 g/mol. The van der Waals surface area contributed by atoms with Crippen molar-refractivity contribution in [2.24, 2.45) is 0 Å². The first kappa shape index (κ1) is 27.6. The third kappa shape index (κ3) is 6.53. The molecule has 1 N–H and O–H groups in total. The van der Waals surface area contributed by atoms with Gasteiger partial charge in [0.1, 0.15) is 10.1 Å². The number of thiocarbonyl (C=S) groups is 1. The molecule has 0 unspecified atom stereocenters. The second kappa shape index (κ2) is 11.5. The maximum absolute atomic E-state index is 13.2. The van der Waals surface area contributed by atoms with Gasteiger partial charge in [0.25, 0.3) is 5.91 Å². The number of carbonyl (C=O) groups is 2. The van der Waals surface area contributed by atoms with Crippen LogP contribution < -0.4 is 4.74 Å². The van der Waals surface area contributed by atoms with Crippen LogP contribution in [0.2, 0.25) is 5.02 Å². The Balaban J connectivity index is 1.41. The van der Waals surface area contributed by atoms with Crippen molar-refractivity contribution < 1.29 is 32.6 Å². The van der Waals surface area contributed by atoms with Gasteiger partial charge >= 0.3 is 12.1 Å². The smallest absolute Gasteiger partial charge is 0.416 e. The Morgan fingerprint density at radius 3 is 2.58 bits per heavy atom. The van der Waals surface area contributed by atoms with Gasteiger partial charge < -0.3 is 9.84 Å². The normalized spacial score (nSPS) is 14.8. The molecule has 0 aliphatic carbocycles. The van der Waals surface area contributed by atoms with Gasteiger partial charge in [-0.3, -0.25) is 9.69 Å². The van der Waals surface area contributed by atoms with Crippen LogP contribution in [0.5, 0.6) is 5.75 Å². The van der Waals surface area contributed by atoms with Crippen molar-refractivity contribution in [1.29, 1.82) is 0 Å². The first-order valence-corrected chi connectivity index (χ1v) is 12.7. The third-order valence-electron chi connectivity index (χ3n) is 5.39. The summed E-state index contributed by atoms with van der Waals surface area (Å²) >= 11 is 12.6. The van der Waals surface area contributed by atoms with Crippen molar-refractivity contribution >= 4 is 57.9 Å². The van der Waals surface area contributed by atoms with Gasteiger partial charge in [-0.15, -0.1) is 0 Å². The molecule has 1 fully saturated rings. The van der Waals surface area contributed by atoms with Crippen LogP contribution in [0, 0.1) is 0 Å². The standard InChI is InChI=1S/C26H18ClF3N2O4S2/c27-20-10-7-16(26(28,29)30)13-19(20)21-4-1-3-17(31-21)14-22-23(33)32(25(37)38-22)11-2-12-36-18-8-5-15(6-9-18)24(34)35/h1,3-10,13-14H,2,11-12H2,(H,34,35). The van der Waals surface area contributed by atoms with Crippen LogP contribution in [-0.2, 0) is 11.0 Å².